The first-order valence-corrected chi connectivity index (χ1v) is 5.82. The summed E-state index contributed by atoms with van der Waals surface area (Å²) in [7, 11) is 3.13. The van der Waals surface area contributed by atoms with Gasteiger partial charge in [0.15, 0.2) is 0 Å². The summed E-state index contributed by atoms with van der Waals surface area (Å²) in [6.45, 7) is 0. The minimum Gasteiger partial charge on any atom is -0.496 e. The highest BCUT2D eigenvalue weighted by molar-refractivity contribution is 6.29. The summed E-state index contributed by atoms with van der Waals surface area (Å²) in [4.78, 5) is 4.02. The molecule has 0 fully saturated rings. The molecule has 100 valence electrons. The van der Waals surface area contributed by atoms with Crippen LogP contribution in [0, 0.1) is 0 Å². The Labute approximate surface area is 115 Å². The van der Waals surface area contributed by atoms with Gasteiger partial charge in [-0.1, -0.05) is 11.6 Å². The quantitative estimate of drug-likeness (QED) is 0.872. The van der Waals surface area contributed by atoms with Crippen LogP contribution >= 0.6 is 11.6 Å². The summed E-state index contributed by atoms with van der Waals surface area (Å²) in [5.41, 5.74) is 6.15. The Morgan fingerprint density at radius 3 is 2.05 bits per heavy atom. The zero-order valence-corrected chi connectivity index (χ0v) is 11.3. The highest BCUT2D eigenvalue weighted by atomic mass is 35.5. The van der Waals surface area contributed by atoms with Crippen molar-refractivity contribution >= 4 is 17.3 Å². The summed E-state index contributed by atoms with van der Waals surface area (Å²) in [6.07, 6.45) is 0. The fraction of sp³-hybridized carbons (Fsp3) is 0.154. The molecule has 0 aliphatic rings. The molecule has 1 heterocycles. The second kappa shape index (κ2) is 5.67. The van der Waals surface area contributed by atoms with Crippen molar-refractivity contribution in [3.8, 4) is 23.1 Å². The Bertz CT molecular complexity index is 548. The van der Waals surface area contributed by atoms with Gasteiger partial charge in [-0.25, -0.2) is 4.98 Å². The SMILES string of the molecule is COc1cc(OC)cc(Oc2cc(N)cc(Cl)n2)c1. The largest absolute Gasteiger partial charge is 0.496 e. The first-order chi connectivity index (χ1) is 9.10. The van der Waals surface area contributed by atoms with Crippen LogP contribution in [0.5, 0.6) is 23.1 Å². The highest BCUT2D eigenvalue weighted by Crippen LogP contribution is 2.31. The Morgan fingerprint density at radius 2 is 1.53 bits per heavy atom. The molecule has 1 aromatic carbocycles. The van der Waals surface area contributed by atoms with Gasteiger partial charge in [0, 0.05) is 30.0 Å². The van der Waals surface area contributed by atoms with Crippen molar-refractivity contribution in [1.82, 2.24) is 4.98 Å². The Balaban J connectivity index is 2.31. The van der Waals surface area contributed by atoms with Gasteiger partial charge in [-0.15, -0.1) is 0 Å². The molecular formula is C13H13ClN2O3. The number of nitrogen functional groups attached to an aromatic ring is 1. The van der Waals surface area contributed by atoms with Crippen molar-refractivity contribution in [2.45, 2.75) is 0 Å². The number of hydrogen-bond donors (Lipinski definition) is 1. The van der Waals surface area contributed by atoms with E-state index in [9.17, 15) is 0 Å². The number of anilines is 1. The van der Waals surface area contributed by atoms with E-state index in [-0.39, 0.29) is 5.15 Å². The highest BCUT2D eigenvalue weighted by Gasteiger charge is 2.06. The number of rotatable bonds is 4. The molecule has 0 aliphatic heterocycles. The van der Waals surface area contributed by atoms with Crippen molar-refractivity contribution < 1.29 is 14.2 Å². The van der Waals surface area contributed by atoms with Gasteiger partial charge in [-0.3, -0.25) is 0 Å². The van der Waals surface area contributed by atoms with Gasteiger partial charge in [0.1, 0.15) is 22.4 Å². The normalized spacial score (nSPS) is 10.1. The molecule has 2 rings (SSSR count). The fourth-order valence-electron chi connectivity index (χ4n) is 1.50. The van der Waals surface area contributed by atoms with E-state index >= 15 is 0 Å². The van der Waals surface area contributed by atoms with Crippen LogP contribution < -0.4 is 19.9 Å². The predicted octanol–water partition coefficient (Wildman–Crippen LogP) is 3.13. The van der Waals surface area contributed by atoms with Crippen LogP contribution in [0.4, 0.5) is 5.69 Å². The van der Waals surface area contributed by atoms with E-state index in [0.717, 1.165) is 0 Å². The van der Waals surface area contributed by atoms with E-state index < -0.39 is 0 Å². The lowest BCUT2D eigenvalue weighted by molar-refractivity contribution is 0.385. The molecule has 0 spiro atoms. The molecule has 0 unspecified atom stereocenters. The molecule has 0 atom stereocenters. The molecule has 0 saturated carbocycles. The Morgan fingerprint density at radius 1 is 0.947 bits per heavy atom. The molecule has 0 aliphatic carbocycles. The molecule has 2 aromatic rings. The third-order valence-electron chi connectivity index (χ3n) is 2.34. The topological polar surface area (TPSA) is 66.6 Å². The van der Waals surface area contributed by atoms with Crippen LogP contribution in [0.15, 0.2) is 30.3 Å². The van der Waals surface area contributed by atoms with E-state index in [1.807, 2.05) is 0 Å². The Kier molecular flexibility index (Phi) is 3.97. The molecular weight excluding hydrogens is 268 g/mol. The monoisotopic (exact) mass is 280 g/mol. The number of benzene rings is 1. The van der Waals surface area contributed by atoms with Crippen LogP contribution in [0.1, 0.15) is 0 Å². The number of pyridine rings is 1. The van der Waals surface area contributed by atoms with Gasteiger partial charge in [0.05, 0.1) is 14.2 Å². The number of nitrogens with two attached hydrogens (primary N) is 1. The first-order valence-electron chi connectivity index (χ1n) is 5.44. The molecule has 0 bridgehead atoms. The van der Waals surface area contributed by atoms with E-state index in [1.165, 1.54) is 0 Å². The minimum absolute atomic E-state index is 0.268. The van der Waals surface area contributed by atoms with E-state index in [2.05, 4.69) is 4.98 Å². The van der Waals surface area contributed by atoms with Crippen molar-refractivity contribution in [2.75, 3.05) is 20.0 Å². The molecule has 0 saturated heterocycles. The molecule has 19 heavy (non-hydrogen) atoms. The maximum Gasteiger partial charge on any atom is 0.222 e. The lowest BCUT2D eigenvalue weighted by Gasteiger charge is -2.09. The fourth-order valence-corrected chi connectivity index (χ4v) is 1.71. The smallest absolute Gasteiger partial charge is 0.222 e. The number of halogens is 1. The van der Waals surface area contributed by atoms with Gasteiger partial charge < -0.3 is 19.9 Å². The van der Waals surface area contributed by atoms with Crippen LogP contribution in [-0.4, -0.2) is 19.2 Å². The molecule has 0 radical (unpaired) electrons. The average molecular weight is 281 g/mol. The zero-order chi connectivity index (χ0) is 13.8. The molecule has 1 aromatic heterocycles. The van der Waals surface area contributed by atoms with Crippen molar-refractivity contribution in [3.63, 3.8) is 0 Å². The second-order valence-corrected chi connectivity index (χ2v) is 4.10. The van der Waals surface area contributed by atoms with Crippen molar-refractivity contribution in [1.29, 1.82) is 0 Å². The van der Waals surface area contributed by atoms with Crippen LogP contribution in [0.25, 0.3) is 0 Å². The van der Waals surface area contributed by atoms with Gasteiger partial charge >= 0.3 is 0 Å². The summed E-state index contributed by atoms with van der Waals surface area (Å²) >= 11 is 5.81. The number of aromatic nitrogens is 1. The number of ether oxygens (including phenoxy) is 3. The van der Waals surface area contributed by atoms with Gasteiger partial charge in [-0.05, 0) is 6.07 Å². The molecule has 0 amide bonds. The van der Waals surface area contributed by atoms with E-state index in [1.54, 1.807) is 44.6 Å². The van der Waals surface area contributed by atoms with Crippen molar-refractivity contribution in [2.24, 2.45) is 0 Å². The summed E-state index contributed by atoms with van der Waals surface area (Å²) in [5, 5.41) is 0.268. The van der Waals surface area contributed by atoms with Gasteiger partial charge in [0.2, 0.25) is 5.88 Å². The van der Waals surface area contributed by atoms with Crippen LogP contribution in [-0.2, 0) is 0 Å². The Hall–Kier alpha value is -2.14. The first kappa shape index (κ1) is 13.3. The lowest BCUT2D eigenvalue weighted by Crippen LogP contribution is -1.93. The standard InChI is InChI=1S/C13H13ClN2O3/c1-17-9-5-10(18-2)7-11(6-9)19-13-4-8(15)3-12(14)16-13/h3-7H,1-2H3,(H2,15,16). The lowest BCUT2D eigenvalue weighted by atomic mass is 10.3. The number of nitrogens with zero attached hydrogens (tertiary/aromatic N) is 1. The predicted molar refractivity (Wildman–Crippen MR) is 73.3 cm³/mol. The van der Waals surface area contributed by atoms with E-state index in [0.29, 0.717) is 28.8 Å². The summed E-state index contributed by atoms with van der Waals surface area (Å²) < 4.78 is 15.9. The van der Waals surface area contributed by atoms with Crippen molar-refractivity contribution in [3.05, 3.63) is 35.5 Å². The molecule has 5 nitrogen and oxygen atoms in total. The van der Waals surface area contributed by atoms with Gasteiger partial charge in [-0.2, -0.15) is 0 Å². The average Bonchev–Trinajstić information content (AvgIpc) is 2.37. The van der Waals surface area contributed by atoms with Crippen LogP contribution in [0.3, 0.4) is 0 Å². The van der Waals surface area contributed by atoms with Gasteiger partial charge in [0.25, 0.3) is 0 Å². The minimum atomic E-state index is 0.268. The van der Waals surface area contributed by atoms with E-state index in [4.69, 9.17) is 31.5 Å². The maximum atomic E-state index is 5.81. The maximum absolute atomic E-state index is 5.81. The third-order valence-corrected chi connectivity index (χ3v) is 2.53. The third kappa shape index (κ3) is 3.42. The zero-order valence-electron chi connectivity index (χ0n) is 10.5. The molecule has 6 heteroatoms. The summed E-state index contributed by atoms with van der Waals surface area (Å²) in [6, 6.07) is 8.29. The number of hydrogen-bond acceptors (Lipinski definition) is 5. The van der Waals surface area contributed by atoms with Crippen LogP contribution in [0.2, 0.25) is 5.15 Å². The number of methoxy groups -OCH3 is 2. The summed E-state index contributed by atoms with van der Waals surface area (Å²) in [5.74, 6) is 2.05. The molecule has 2 N–H and O–H groups in total. The second-order valence-electron chi connectivity index (χ2n) is 3.71.